The Balaban J connectivity index is 1.60. The van der Waals surface area contributed by atoms with Crippen molar-refractivity contribution in [3.05, 3.63) is 84.4 Å². The lowest BCUT2D eigenvalue weighted by Crippen LogP contribution is -2.19. The fraction of sp³-hybridized carbons (Fsp3) is 0. The molecule has 0 amide bonds. The lowest BCUT2D eigenvalue weighted by molar-refractivity contribution is 0.483. The summed E-state index contributed by atoms with van der Waals surface area (Å²) < 4.78 is 32.2. The van der Waals surface area contributed by atoms with Crippen molar-refractivity contribution in [1.82, 2.24) is 0 Å². The van der Waals surface area contributed by atoms with E-state index in [0.29, 0.717) is 11.4 Å². The van der Waals surface area contributed by atoms with Crippen LogP contribution in [0, 0.1) is 11.6 Å². The van der Waals surface area contributed by atoms with Gasteiger partial charge in [-0.3, -0.25) is 0 Å². The molecule has 0 aliphatic rings. The van der Waals surface area contributed by atoms with Gasteiger partial charge in [-0.2, -0.15) is 0 Å². The third-order valence-electron chi connectivity index (χ3n) is 3.27. The van der Waals surface area contributed by atoms with Gasteiger partial charge in [0.2, 0.25) is 0 Å². The van der Waals surface area contributed by atoms with Gasteiger partial charge in [0.1, 0.15) is 23.1 Å². The predicted octanol–water partition coefficient (Wildman–Crippen LogP) is 5.57. The number of hydrogen-bond donors (Lipinski definition) is 2. The van der Waals surface area contributed by atoms with Crippen LogP contribution in [0.25, 0.3) is 0 Å². The van der Waals surface area contributed by atoms with Crippen LogP contribution in [0.5, 0.6) is 11.5 Å². The number of ether oxygens (including phenoxy) is 1. The SMILES string of the molecule is Fc1ccc(NC(=S)Nc2ccc(Oc3ccccc3)cc2)c(F)c1. The number of hydrogen-bond acceptors (Lipinski definition) is 2. The van der Waals surface area contributed by atoms with E-state index in [1.54, 1.807) is 24.3 Å². The molecule has 25 heavy (non-hydrogen) atoms. The molecule has 0 aliphatic heterocycles. The fourth-order valence-corrected chi connectivity index (χ4v) is 2.33. The first-order valence-electron chi connectivity index (χ1n) is 7.46. The number of benzene rings is 3. The van der Waals surface area contributed by atoms with E-state index in [9.17, 15) is 8.78 Å². The molecule has 0 spiro atoms. The molecule has 0 bridgehead atoms. The van der Waals surface area contributed by atoms with Gasteiger partial charge in [0.05, 0.1) is 5.69 Å². The van der Waals surface area contributed by atoms with E-state index in [1.807, 2.05) is 30.3 Å². The van der Waals surface area contributed by atoms with Gasteiger partial charge in [-0.15, -0.1) is 0 Å². The van der Waals surface area contributed by atoms with Crippen molar-refractivity contribution in [2.45, 2.75) is 0 Å². The summed E-state index contributed by atoms with van der Waals surface area (Å²) in [5.74, 6) is 0.0686. The molecular formula is C19H14F2N2OS. The summed E-state index contributed by atoms with van der Waals surface area (Å²) in [5.41, 5.74) is 0.809. The topological polar surface area (TPSA) is 33.3 Å². The Kier molecular flexibility index (Phi) is 5.20. The molecule has 2 N–H and O–H groups in total. The molecule has 126 valence electrons. The van der Waals surface area contributed by atoms with Gasteiger partial charge in [0.25, 0.3) is 0 Å². The third-order valence-corrected chi connectivity index (χ3v) is 3.47. The van der Waals surface area contributed by atoms with E-state index < -0.39 is 11.6 Å². The Bertz CT molecular complexity index is 870. The number of halogens is 2. The van der Waals surface area contributed by atoms with Crippen molar-refractivity contribution in [1.29, 1.82) is 0 Å². The number of nitrogens with one attached hydrogen (secondary N) is 2. The monoisotopic (exact) mass is 356 g/mol. The lowest BCUT2D eigenvalue weighted by Gasteiger charge is -2.12. The minimum atomic E-state index is -0.712. The minimum absolute atomic E-state index is 0.0999. The zero-order valence-electron chi connectivity index (χ0n) is 13.0. The zero-order chi connectivity index (χ0) is 17.6. The molecule has 3 nitrogen and oxygen atoms in total. The smallest absolute Gasteiger partial charge is 0.175 e. The second-order valence-electron chi connectivity index (χ2n) is 5.14. The second kappa shape index (κ2) is 7.72. The Hall–Kier alpha value is -2.99. The highest BCUT2D eigenvalue weighted by atomic mass is 32.1. The number of para-hydroxylation sites is 1. The predicted molar refractivity (Wildman–Crippen MR) is 99.2 cm³/mol. The van der Waals surface area contributed by atoms with Crippen LogP contribution >= 0.6 is 12.2 Å². The third kappa shape index (κ3) is 4.74. The Morgan fingerprint density at radius 3 is 2.16 bits per heavy atom. The molecule has 0 aromatic heterocycles. The van der Waals surface area contributed by atoms with Gasteiger partial charge in [-0.1, -0.05) is 18.2 Å². The van der Waals surface area contributed by atoms with E-state index >= 15 is 0 Å². The summed E-state index contributed by atoms with van der Waals surface area (Å²) in [6.07, 6.45) is 0. The maximum absolute atomic E-state index is 13.6. The molecule has 0 aliphatic carbocycles. The first-order chi connectivity index (χ1) is 12.1. The average molecular weight is 356 g/mol. The van der Waals surface area contributed by atoms with Crippen molar-refractivity contribution in [2.75, 3.05) is 10.6 Å². The Labute approximate surface area is 149 Å². The van der Waals surface area contributed by atoms with Crippen LogP contribution < -0.4 is 15.4 Å². The van der Waals surface area contributed by atoms with Crippen LogP contribution in [0.1, 0.15) is 0 Å². The second-order valence-corrected chi connectivity index (χ2v) is 5.55. The molecule has 0 unspecified atom stereocenters. The average Bonchev–Trinajstić information content (AvgIpc) is 2.60. The number of rotatable bonds is 4. The highest BCUT2D eigenvalue weighted by molar-refractivity contribution is 7.80. The highest BCUT2D eigenvalue weighted by Crippen LogP contribution is 2.23. The summed E-state index contributed by atoms with van der Waals surface area (Å²) in [6, 6.07) is 19.8. The largest absolute Gasteiger partial charge is 0.457 e. The van der Waals surface area contributed by atoms with E-state index in [1.165, 1.54) is 6.07 Å². The van der Waals surface area contributed by atoms with E-state index in [4.69, 9.17) is 17.0 Å². The zero-order valence-corrected chi connectivity index (χ0v) is 13.8. The summed E-state index contributed by atoms with van der Waals surface area (Å²) in [4.78, 5) is 0. The van der Waals surface area contributed by atoms with Crippen molar-refractivity contribution in [3.8, 4) is 11.5 Å². The maximum Gasteiger partial charge on any atom is 0.175 e. The van der Waals surface area contributed by atoms with Crippen LogP contribution in [0.4, 0.5) is 20.2 Å². The van der Waals surface area contributed by atoms with Crippen molar-refractivity contribution in [3.63, 3.8) is 0 Å². The van der Waals surface area contributed by atoms with Crippen LogP contribution in [-0.4, -0.2) is 5.11 Å². The van der Waals surface area contributed by atoms with Gasteiger partial charge in [-0.25, -0.2) is 8.78 Å². The maximum atomic E-state index is 13.6. The molecule has 0 saturated heterocycles. The molecule has 0 heterocycles. The summed E-state index contributed by atoms with van der Waals surface area (Å²) in [7, 11) is 0. The highest BCUT2D eigenvalue weighted by Gasteiger charge is 2.06. The molecule has 3 aromatic carbocycles. The number of anilines is 2. The minimum Gasteiger partial charge on any atom is -0.457 e. The molecule has 0 atom stereocenters. The Morgan fingerprint density at radius 2 is 1.48 bits per heavy atom. The quantitative estimate of drug-likeness (QED) is 0.599. The fourth-order valence-electron chi connectivity index (χ4n) is 2.11. The Morgan fingerprint density at radius 1 is 0.800 bits per heavy atom. The normalized spacial score (nSPS) is 10.2. The lowest BCUT2D eigenvalue weighted by atomic mass is 10.3. The van der Waals surface area contributed by atoms with Gasteiger partial charge in [0, 0.05) is 11.8 Å². The van der Waals surface area contributed by atoms with Gasteiger partial charge in [-0.05, 0) is 60.7 Å². The van der Waals surface area contributed by atoms with Crippen molar-refractivity contribution >= 4 is 28.7 Å². The number of thiocarbonyl (C=S) groups is 1. The van der Waals surface area contributed by atoms with Crippen LogP contribution in [0.15, 0.2) is 72.8 Å². The van der Waals surface area contributed by atoms with E-state index in [2.05, 4.69) is 10.6 Å². The molecule has 3 aromatic rings. The van der Waals surface area contributed by atoms with Gasteiger partial charge < -0.3 is 15.4 Å². The summed E-state index contributed by atoms with van der Waals surface area (Å²) in [6.45, 7) is 0. The molecule has 0 radical (unpaired) electrons. The first-order valence-corrected chi connectivity index (χ1v) is 7.87. The van der Waals surface area contributed by atoms with E-state index in [0.717, 1.165) is 17.9 Å². The summed E-state index contributed by atoms with van der Waals surface area (Å²) in [5, 5.41) is 5.81. The van der Waals surface area contributed by atoms with Crippen LogP contribution in [0.2, 0.25) is 0 Å². The standard InChI is InChI=1S/C19H14F2N2OS/c20-13-6-11-18(17(21)12-13)23-19(25)22-14-7-9-16(10-8-14)24-15-4-2-1-3-5-15/h1-12H,(H2,22,23,25). The van der Waals surface area contributed by atoms with Crippen LogP contribution in [-0.2, 0) is 0 Å². The van der Waals surface area contributed by atoms with Gasteiger partial charge in [0.15, 0.2) is 5.11 Å². The molecule has 0 fully saturated rings. The van der Waals surface area contributed by atoms with Gasteiger partial charge >= 0.3 is 0 Å². The van der Waals surface area contributed by atoms with E-state index in [-0.39, 0.29) is 10.8 Å². The summed E-state index contributed by atoms with van der Waals surface area (Å²) >= 11 is 5.13. The van der Waals surface area contributed by atoms with Crippen LogP contribution in [0.3, 0.4) is 0 Å². The molecule has 0 saturated carbocycles. The molecular weight excluding hydrogens is 342 g/mol. The molecule has 3 rings (SSSR count). The molecule has 6 heteroatoms. The first kappa shape index (κ1) is 16.9. The van der Waals surface area contributed by atoms with Crippen molar-refractivity contribution in [2.24, 2.45) is 0 Å². The van der Waals surface area contributed by atoms with Crippen molar-refractivity contribution < 1.29 is 13.5 Å².